The standard InChI is InChI=1S/C11H12N2O2S/c12-6-9-5-10(8-13-7-9)11-3-1-2-4-16(11,14)15/h5,7-8,11H,1-4H2. The molecule has 1 atom stereocenters. The van der Waals surface area contributed by atoms with Crippen LogP contribution in [0.4, 0.5) is 0 Å². The predicted molar refractivity (Wildman–Crippen MR) is 59.3 cm³/mol. The molecule has 0 amide bonds. The highest BCUT2D eigenvalue weighted by Crippen LogP contribution is 2.33. The first-order valence-electron chi connectivity index (χ1n) is 5.20. The molecule has 0 radical (unpaired) electrons. The molecule has 0 bridgehead atoms. The van der Waals surface area contributed by atoms with E-state index in [2.05, 4.69) is 4.98 Å². The molecule has 5 heteroatoms. The van der Waals surface area contributed by atoms with Crippen LogP contribution in [0, 0.1) is 11.3 Å². The molecule has 16 heavy (non-hydrogen) atoms. The monoisotopic (exact) mass is 236 g/mol. The van der Waals surface area contributed by atoms with Crippen molar-refractivity contribution in [2.45, 2.75) is 24.5 Å². The molecule has 84 valence electrons. The maximum absolute atomic E-state index is 11.9. The molecule has 0 aromatic carbocycles. The number of nitriles is 1. The van der Waals surface area contributed by atoms with Crippen LogP contribution in [-0.2, 0) is 9.84 Å². The Labute approximate surface area is 94.9 Å². The Morgan fingerprint density at radius 3 is 2.88 bits per heavy atom. The Balaban J connectivity index is 2.40. The van der Waals surface area contributed by atoms with Crippen LogP contribution < -0.4 is 0 Å². The highest BCUT2D eigenvalue weighted by atomic mass is 32.2. The van der Waals surface area contributed by atoms with E-state index in [0.29, 0.717) is 17.5 Å². The van der Waals surface area contributed by atoms with Crippen molar-refractivity contribution in [1.29, 1.82) is 5.26 Å². The molecule has 1 aliphatic rings. The first-order chi connectivity index (χ1) is 7.63. The predicted octanol–water partition coefficient (Wildman–Crippen LogP) is 1.59. The third-order valence-corrected chi connectivity index (χ3v) is 5.07. The zero-order valence-electron chi connectivity index (χ0n) is 8.76. The molecule has 0 saturated carbocycles. The summed E-state index contributed by atoms with van der Waals surface area (Å²) < 4.78 is 23.7. The van der Waals surface area contributed by atoms with Gasteiger partial charge in [0.25, 0.3) is 0 Å². The first-order valence-corrected chi connectivity index (χ1v) is 6.91. The van der Waals surface area contributed by atoms with Crippen molar-refractivity contribution in [2.24, 2.45) is 0 Å². The van der Waals surface area contributed by atoms with Crippen molar-refractivity contribution in [3.05, 3.63) is 29.6 Å². The van der Waals surface area contributed by atoms with Crippen LogP contribution in [-0.4, -0.2) is 19.2 Å². The van der Waals surface area contributed by atoms with E-state index in [0.717, 1.165) is 12.8 Å². The van der Waals surface area contributed by atoms with Crippen molar-refractivity contribution in [1.82, 2.24) is 4.98 Å². The van der Waals surface area contributed by atoms with Gasteiger partial charge in [-0.05, 0) is 24.5 Å². The number of pyridine rings is 1. The van der Waals surface area contributed by atoms with Gasteiger partial charge in [-0.3, -0.25) is 4.98 Å². The highest BCUT2D eigenvalue weighted by molar-refractivity contribution is 7.91. The second-order valence-electron chi connectivity index (χ2n) is 3.97. The van der Waals surface area contributed by atoms with Gasteiger partial charge in [-0.25, -0.2) is 8.42 Å². The van der Waals surface area contributed by atoms with Crippen LogP contribution in [0.3, 0.4) is 0 Å². The summed E-state index contributed by atoms with van der Waals surface area (Å²) in [6.45, 7) is 0. The number of hydrogen-bond acceptors (Lipinski definition) is 4. The maximum Gasteiger partial charge on any atom is 0.157 e. The molecule has 1 fully saturated rings. The second kappa shape index (κ2) is 4.22. The van der Waals surface area contributed by atoms with Crippen molar-refractivity contribution in [2.75, 3.05) is 5.75 Å². The van der Waals surface area contributed by atoms with E-state index < -0.39 is 15.1 Å². The van der Waals surface area contributed by atoms with Gasteiger partial charge in [0, 0.05) is 12.4 Å². The van der Waals surface area contributed by atoms with E-state index in [9.17, 15) is 8.42 Å². The lowest BCUT2D eigenvalue weighted by molar-refractivity contribution is 0.545. The summed E-state index contributed by atoms with van der Waals surface area (Å²) in [6, 6.07) is 3.60. The molecule has 1 aromatic heterocycles. The quantitative estimate of drug-likeness (QED) is 0.742. The fourth-order valence-electron chi connectivity index (χ4n) is 2.02. The fourth-order valence-corrected chi connectivity index (χ4v) is 3.98. The van der Waals surface area contributed by atoms with Gasteiger partial charge in [0.05, 0.1) is 16.6 Å². The molecule has 0 N–H and O–H groups in total. The van der Waals surface area contributed by atoms with E-state index in [1.165, 1.54) is 6.20 Å². The summed E-state index contributed by atoms with van der Waals surface area (Å²) in [5, 5.41) is 8.28. The van der Waals surface area contributed by atoms with Gasteiger partial charge >= 0.3 is 0 Å². The minimum atomic E-state index is -3.05. The molecule has 2 heterocycles. The molecule has 1 saturated heterocycles. The van der Waals surface area contributed by atoms with E-state index in [1.54, 1.807) is 12.3 Å². The van der Waals surface area contributed by atoms with Gasteiger partial charge < -0.3 is 0 Å². The van der Waals surface area contributed by atoms with E-state index in [-0.39, 0.29) is 5.75 Å². The number of rotatable bonds is 1. The molecule has 0 spiro atoms. The highest BCUT2D eigenvalue weighted by Gasteiger charge is 2.30. The third-order valence-electron chi connectivity index (χ3n) is 2.84. The number of sulfone groups is 1. The first kappa shape index (κ1) is 11.1. The molecule has 0 aliphatic carbocycles. The van der Waals surface area contributed by atoms with E-state index in [1.807, 2.05) is 6.07 Å². The van der Waals surface area contributed by atoms with Crippen LogP contribution in [0.15, 0.2) is 18.5 Å². The summed E-state index contributed by atoms with van der Waals surface area (Å²) in [7, 11) is -3.05. The lowest BCUT2D eigenvalue weighted by Crippen LogP contribution is -2.21. The van der Waals surface area contributed by atoms with Crippen molar-refractivity contribution >= 4 is 9.84 Å². The van der Waals surface area contributed by atoms with Gasteiger partial charge in [0.2, 0.25) is 0 Å². The Bertz CT molecular complexity index is 531. The molecule has 1 aromatic rings. The van der Waals surface area contributed by atoms with E-state index in [4.69, 9.17) is 5.26 Å². The largest absolute Gasteiger partial charge is 0.263 e. The molecule has 1 aliphatic heterocycles. The van der Waals surface area contributed by atoms with Crippen molar-refractivity contribution < 1.29 is 8.42 Å². The summed E-state index contributed by atoms with van der Waals surface area (Å²) in [5.41, 5.74) is 1.07. The molecular weight excluding hydrogens is 224 g/mol. The smallest absolute Gasteiger partial charge is 0.157 e. The summed E-state index contributed by atoms with van der Waals surface area (Å²) in [6.07, 6.45) is 5.29. The zero-order valence-corrected chi connectivity index (χ0v) is 9.57. The van der Waals surface area contributed by atoms with Gasteiger partial charge in [0.1, 0.15) is 6.07 Å². The lowest BCUT2D eigenvalue weighted by Gasteiger charge is -2.22. The van der Waals surface area contributed by atoms with Crippen molar-refractivity contribution in [3.63, 3.8) is 0 Å². The van der Waals surface area contributed by atoms with Crippen LogP contribution in [0.25, 0.3) is 0 Å². The lowest BCUT2D eigenvalue weighted by atomic mass is 10.1. The maximum atomic E-state index is 11.9. The number of nitrogens with zero attached hydrogens (tertiary/aromatic N) is 2. The minimum Gasteiger partial charge on any atom is -0.263 e. The fraction of sp³-hybridized carbons (Fsp3) is 0.455. The van der Waals surface area contributed by atoms with Gasteiger partial charge in [0.15, 0.2) is 9.84 Å². The van der Waals surface area contributed by atoms with Crippen LogP contribution in [0.2, 0.25) is 0 Å². The third kappa shape index (κ3) is 2.07. The molecule has 4 nitrogen and oxygen atoms in total. The second-order valence-corrected chi connectivity index (χ2v) is 6.27. The van der Waals surface area contributed by atoms with Crippen LogP contribution >= 0.6 is 0 Å². The van der Waals surface area contributed by atoms with Crippen LogP contribution in [0.5, 0.6) is 0 Å². The van der Waals surface area contributed by atoms with Crippen LogP contribution in [0.1, 0.15) is 35.6 Å². The topological polar surface area (TPSA) is 70.8 Å². The average Bonchev–Trinajstić information content (AvgIpc) is 2.28. The van der Waals surface area contributed by atoms with Gasteiger partial charge in [-0.2, -0.15) is 5.26 Å². The summed E-state index contributed by atoms with van der Waals surface area (Å²) in [4.78, 5) is 3.91. The average molecular weight is 236 g/mol. The Kier molecular flexibility index (Phi) is 2.92. The summed E-state index contributed by atoms with van der Waals surface area (Å²) in [5.74, 6) is 0.244. The normalized spacial score (nSPS) is 23.6. The van der Waals surface area contributed by atoms with Gasteiger partial charge in [-0.1, -0.05) is 6.42 Å². The minimum absolute atomic E-state index is 0.244. The Morgan fingerprint density at radius 2 is 2.19 bits per heavy atom. The molecule has 2 rings (SSSR count). The Morgan fingerprint density at radius 1 is 1.38 bits per heavy atom. The van der Waals surface area contributed by atoms with Gasteiger partial charge in [-0.15, -0.1) is 0 Å². The SMILES string of the molecule is N#Cc1cncc(C2CCCCS2(=O)=O)c1. The van der Waals surface area contributed by atoms with Crippen molar-refractivity contribution in [3.8, 4) is 6.07 Å². The number of hydrogen-bond donors (Lipinski definition) is 0. The Hall–Kier alpha value is -1.41. The zero-order chi connectivity index (χ0) is 11.6. The molecular formula is C11H12N2O2S. The summed E-state index contributed by atoms with van der Waals surface area (Å²) >= 11 is 0. The molecule has 1 unspecified atom stereocenters. The van der Waals surface area contributed by atoms with E-state index >= 15 is 0 Å². The number of aromatic nitrogens is 1.